The topological polar surface area (TPSA) is 45.9 Å². The van der Waals surface area contributed by atoms with Gasteiger partial charge in [0.1, 0.15) is 11.5 Å². The molecule has 24 heavy (non-hydrogen) atoms. The average molecular weight is 328 g/mol. The van der Waals surface area contributed by atoms with Crippen LogP contribution in [0.4, 0.5) is 0 Å². The maximum atomic E-state index is 12.7. The standard InChI is InChI=1S/C19H24N2O3/c1-15-13-20(14-17-7-5-11-24-17)9-10-21(15)19(22)12-16-6-3-4-8-18(16)23-2/h3-8,11,15H,9-10,12-14H2,1-2H3/t15-/m0/s1. The van der Waals surface area contributed by atoms with Crippen molar-refractivity contribution >= 4 is 5.91 Å². The van der Waals surface area contributed by atoms with Gasteiger partial charge in [0.15, 0.2) is 0 Å². The summed E-state index contributed by atoms with van der Waals surface area (Å²) in [4.78, 5) is 17.0. The molecule has 0 radical (unpaired) electrons. The highest BCUT2D eigenvalue weighted by Gasteiger charge is 2.28. The summed E-state index contributed by atoms with van der Waals surface area (Å²) in [6.45, 7) is 5.37. The van der Waals surface area contributed by atoms with Gasteiger partial charge in [-0.05, 0) is 25.1 Å². The molecule has 5 heteroatoms. The quantitative estimate of drug-likeness (QED) is 0.846. The van der Waals surface area contributed by atoms with Crippen LogP contribution < -0.4 is 4.74 Å². The van der Waals surface area contributed by atoms with Crippen LogP contribution in [0, 0.1) is 0 Å². The molecule has 2 aromatic rings. The molecule has 0 spiro atoms. The van der Waals surface area contributed by atoms with Crippen molar-refractivity contribution in [1.82, 2.24) is 9.80 Å². The van der Waals surface area contributed by atoms with Gasteiger partial charge in [-0.3, -0.25) is 9.69 Å². The lowest BCUT2D eigenvalue weighted by atomic mass is 10.1. The van der Waals surface area contributed by atoms with Gasteiger partial charge in [-0.2, -0.15) is 0 Å². The molecule has 1 saturated heterocycles. The molecule has 1 fully saturated rings. The molecule has 0 bridgehead atoms. The molecule has 0 unspecified atom stereocenters. The highest BCUT2D eigenvalue weighted by Crippen LogP contribution is 2.20. The Bertz CT molecular complexity index is 669. The average Bonchev–Trinajstić information content (AvgIpc) is 3.08. The van der Waals surface area contributed by atoms with E-state index in [-0.39, 0.29) is 11.9 Å². The summed E-state index contributed by atoms with van der Waals surface area (Å²) in [6, 6.07) is 11.8. The molecule has 1 atom stereocenters. The van der Waals surface area contributed by atoms with Gasteiger partial charge in [0, 0.05) is 31.2 Å². The molecule has 5 nitrogen and oxygen atoms in total. The monoisotopic (exact) mass is 328 g/mol. The van der Waals surface area contributed by atoms with Gasteiger partial charge in [0.05, 0.1) is 26.3 Å². The fourth-order valence-electron chi connectivity index (χ4n) is 3.28. The van der Waals surface area contributed by atoms with Crippen molar-refractivity contribution in [1.29, 1.82) is 0 Å². The summed E-state index contributed by atoms with van der Waals surface area (Å²) in [7, 11) is 1.64. The molecule has 1 aliphatic heterocycles. The Hall–Kier alpha value is -2.27. The highest BCUT2D eigenvalue weighted by atomic mass is 16.5. The second-order valence-corrected chi connectivity index (χ2v) is 6.24. The molecule has 128 valence electrons. The van der Waals surface area contributed by atoms with Crippen LogP contribution in [-0.2, 0) is 17.8 Å². The fraction of sp³-hybridized carbons (Fsp3) is 0.421. The maximum Gasteiger partial charge on any atom is 0.227 e. The van der Waals surface area contributed by atoms with E-state index < -0.39 is 0 Å². The molecule has 1 amide bonds. The zero-order chi connectivity index (χ0) is 16.9. The van der Waals surface area contributed by atoms with Gasteiger partial charge >= 0.3 is 0 Å². The number of methoxy groups -OCH3 is 1. The van der Waals surface area contributed by atoms with Crippen molar-refractivity contribution in [2.45, 2.75) is 25.9 Å². The minimum Gasteiger partial charge on any atom is -0.496 e. The lowest BCUT2D eigenvalue weighted by Gasteiger charge is -2.39. The van der Waals surface area contributed by atoms with Gasteiger partial charge in [0.25, 0.3) is 0 Å². The first kappa shape index (κ1) is 16.6. The fourth-order valence-corrected chi connectivity index (χ4v) is 3.28. The van der Waals surface area contributed by atoms with Crippen molar-refractivity contribution in [3.8, 4) is 5.75 Å². The summed E-state index contributed by atoms with van der Waals surface area (Å²) in [5.74, 6) is 1.90. The van der Waals surface area contributed by atoms with Crippen LogP contribution in [0.3, 0.4) is 0 Å². The van der Waals surface area contributed by atoms with Crippen LogP contribution in [0.15, 0.2) is 47.1 Å². The molecule has 0 aliphatic carbocycles. The van der Waals surface area contributed by atoms with E-state index in [0.717, 1.165) is 43.3 Å². The van der Waals surface area contributed by atoms with Crippen LogP contribution in [0.1, 0.15) is 18.2 Å². The second-order valence-electron chi connectivity index (χ2n) is 6.24. The largest absolute Gasteiger partial charge is 0.496 e. The summed E-state index contributed by atoms with van der Waals surface area (Å²) >= 11 is 0. The van der Waals surface area contributed by atoms with Crippen LogP contribution in [0.5, 0.6) is 5.75 Å². The third-order valence-corrected chi connectivity index (χ3v) is 4.53. The molecule has 2 heterocycles. The third kappa shape index (κ3) is 3.79. The van der Waals surface area contributed by atoms with E-state index in [1.54, 1.807) is 13.4 Å². The molecular formula is C19H24N2O3. The van der Waals surface area contributed by atoms with E-state index in [1.807, 2.05) is 41.3 Å². The first-order valence-corrected chi connectivity index (χ1v) is 8.33. The Morgan fingerprint density at radius 1 is 1.25 bits per heavy atom. The minimum atomic E-state index is 0.157. The maximum absolute atomic E-state index is 12.7. The predicted octanol–water partition coefficient (Wildman–Crippen LogP) is 2.56. The predicted molar refractivity (Wildman–Crippen MR) is 91.9 cm³/mol. The number of rotatable bonds is 5. The Morgan fingerprint density at radius 2 is 2.08 bits per heavy atom. The number of hydrogen-bond donors (Lipinski definition) is 0. The third-order valence-electron chi connectivity index (χ3n) is 4.53. The number of hydrogen-bond acceptors (Lipinski definition) is 4. The number of carbonyl (C=O) groups excluding carboxylic acids is 1. The van der Waals surface area contributed by atoms with Crippen LogP contribution >= 0.6 is 0 Å². The Labute approximate surface area is 142 Å². The molecular weight excluding hydrogens is 304 g/mol. The lowest BCUT2D eigenvalue weighted by molar-refractivity contribution is -0.135. The number of amides is 1. The smallest absolute Gasteiger partial charge is 0.227 e. The van der Waals surface area contributed by atoms with Crippen LogP contribution in [0.25, 0.3) is 0 Å². The van der Waals surface area contributed by atoms with E-state index in [9.17, 15) is 4.79 Å². The Morgan fingerprint density at radius 3 is 2.79 bits per heavy atom. The number of furan rings is 1. The van der Waals surface area contributed by atoms with Crippen LogP contribution in [-0.4, -0.2) is 48.5 Å². The molecule has 1 aromatic carbocycles. The van der Waals surface area contributed by atoms with Gasteiger partial charge in [-0.25, -0.2) is 0 Å². The first-order chi connectivity index (χ1) is 11.7. The zero-order valence-electron chi connectivity index (χ0n) is 14.3. The van der Waals surface area contributed by atoms with E-state index in [2.05, 4.69) is 11.8 Å². The summed E-state index contributed by atoms with van der Waals surface area (Å²) in [5, 5.41) is 0. The number of piperazine rings is 1. The van der Waals surface area contributed by atoms with Gasteiger partial charge in [-0.1, -0.05) is 18.2 Å². The number of nitrogens with zero attached hydrogens (tertiary/aromatic N) is 2. The number of ether oxygens (including phenoxy) is 1. The van der Waals surface area contributed by atoms with Crippen molar-refractivity contribution in [2.75, 3.05) is 26.7 Å². The second kappa shape index (κ2) is 7.53. The van der Waals surface area contributed by atoms with Gasteiger partial charge < -0.3 is 14.1 Å². The zero-order valence-corrected chi connectivity index (χ0v) is 14.3. The Balaban J connectivity index is 1.58. The van der Waals surface area contributed by atoms with Crippen molar-refractivity contribution in [3.05, 3.63) is 54.0 Å². The van der Waals surface area contributed by atoms with Crippen LogP contribution in [0.2, 0.25) is 0 Å². The molecule has 3 rings (SSSR count). The molecule has 1 aromatic heterocycles. The first-order valence-electron chi connectivity index (χ1n) is 8.33. The Kier molecular flexibility index (Phi) is 5.20. The summed E-state index contributed by atoms with van der Waals surface area (Å²) in [5.41, 5.74) is 0.940. The van der Waals surface area contributed by atoms with Crippen molar-refractivity contribution < 1.29 is 13.9 Å². The van der Waals surface area contributed by atoms with Gasteiger partial charge in [0.2, 0.25) is 5.91 Å². The molecule has 1 aliphatic rings. The van der Waals surface area contributed by atoms with Crippen molar-refractivity contribution in [2.24, 2.45) is 0 Å². The number of para-hydroxylation sites is 1. The van der Waals surface area contributed by atoms with Crippen molar-refractivity contribution in [3.63, 3.8) is 0 Å². The minimum absolute atomic E-state index is 0.157. The summed E-state index contributed by atoms with van der Waals surface area (Å²) < 4.78 is 10.8. The van der Waals surface area contributed by atoms with E-state index in [1.165, 1.54) is 0 Å². The molecule has 0 N–H and O–H groups in total. The lowest BCUT2D eigenvalue weighted by Crippen LogP contribution is -2.54. The van der Waals surface area contributed by atoms with E-state index in [4.69, 9.17) is 9.15 Å². The number of carbonyl (C=O) groups is 1. The molecule has 0 saturated carbocycles. The van der Waals surface area contributed by atoms with E-state index >= 15 is 0 Å². The number of benzene rings is 1. The normalized spacial score (nSPS) is 18.6. The SMILES string of the molecule is COc1ccccc1CC(=O)N1CCN(Cc2ccco2)C[C@@H]1C. The highest BCUT2D eigenvalue weighted by molar-refractivity contribution is 5.80. The van der Waals surface area contributed by atoms with Gasteiger partial charge in [-0.15, -0.1) is 0 Å². The summed E-state index contributed by atoms with van der Waals surface area (Å²) in [6.07, 6.45) is 2.08. The van der Waals surface area contributed by atoms with E-state index in [0.29, 0.717) is 6.42 Å².